The number of benzene rings is 3. The smallest absolute Gasteiger partial charge is 0.247 e. The number of carbonyl (C=O) groups excluding carboxylic acids is 2. The van der Waals surface area contributed by atoms with Gasteiger partial charge in [0.1, 0.15) is 5.75 Å². The minimum absolute atomic E-state index is 0.109. The van der Waals surface area contributed by atoms with Crippen molar-refractivity contribution in [2.75, 3.05) is 48.8 Å². The Labute approximate surface area is 227 Å². The molecule has 9 nitrogen and oxygen atoms in total. The molecule has 2 amide bonds. The topological polar surface area (TPSA) is 99.7 Å². The summed E-state index contributed by atoms with van der Waals surface area (Å²) < 4.78 is 5.69. The molecule has 0 unspecified atom stereocenters. The van der Waals surface area contributed by atoms with Crippen LogP contribution in [0.4, 0.5) is 23.0 Å². The van der Waals surface area contributed by atoms with Gasteiger partial charge in [0.05, 0.1) is 18.3 Å². The SMILES string of the molecule is C=CC(=O)Nc1cccc(-c2cccc3cnc(Nc4ccc(N5CCN(C(C)=O)CC5)cc4OC)nc23)c1. The molecule has 5 rings (SSSR count). The zero-order valence-electron chi connectivity index (χ0n) is 22.0. The van der Waals surface area contributed by atoms with E-state index in [9.17, 15) is 9.59 Å². The number of para-hydroxylation sites is 1. The number of rotatable bonds is 7. The third-order valence-electron chi connectivity index (χ3n) is 6.76. The molecule has 1 fully saturated rings. The summed E-state index contributed by atoms with van der Waals surface area (Å²) in [6.07, 6.45) is 3.03. The van der Waals surface area contributed by atoms with Crippen LogP contribution < -0.4 is 20.3 Å². The molecule has 2 heterocycles. The van der Waals surface area contributed by atoms with Gasteiger partial charge in [-0.3, -0.25) is 9.59 Å². The largest absolute Gasteiger partial charge is 0.494 e. The molecule has 2 N–H and O–H groups in total. The van der Waals surface area contributed by atoms with Crippen molar-refractivity contribution in [3.8, 4) is 16.9 Å². The van der Waals surface area contributed by atoms with E-state index >= 15 is 0 Å². The van der Waals surface area contributed by atoms with Crippen molar-refractivity contribution in [1.29, 1.82) is 0 Å². The van der Waals surface area contributed by atoms with Crippen LogP contribution in [0.15, 0.2) is 79.5 Å². The Morgan fingerprint density at radius 1 is 1.03 bits per heavy atom. The molecular formula is C30H30N6O3. The molecule has 1 aliphatic heterocycles. The molecular weight excluding hydrogens is 492 g/mol. The number of anilines is 4. The second kappa shape index (κ2) is 11.2. The molecule has 3 aromatic carbocycles. The van der Waals surface area contributed by atoms with Crippen LogP contribution in [-0.2, 0) is 9.59 Å². The Bertz CT molecular complexity index is 1550. The highest BCUT2D eigenvalue weighted by Crippen LogP contribution is 2.33. The molecule has 0 radical (unpaired) electrons. The molecule has 0 atom stereocenters. The van der Waals surface area contributed by atoms with Crippen LogP contribution in [0.2, 0.25) is 0 Å². The lowest BCUT2D eigenvalue weighted by molar-refractivity contribution is -0.129. The van der Waals surface area contributed by atoms with E-state index in [4.69, 9.17) is 9.72 Å². The summed E-state index contributed by atoms with van der Waals surface area (Å²) in [7, 11) is 1.63. The summed E-state index contributed by atoms with van der Waals surface area (Å²) in [5.74, 6) is 0.950. The minimum atomic E-state index is -0.267. The Morgan fingerprint density at radius 3 is 2.56 bits per heavy atom. The molecule has 0 aliphatic carbocycles. The predicted octanol–water partition coefficient (Wildman–Crippen LogP) is 4.84. The number of amides is 2. The number of carbonyl (C=O) groups is 2. The lowest BCUT2D eigenvalue weighted by Crippen LogP contribution is -2.48. The van der Waals surface area contributed by atoms with E-state index in [0.717, 1.165) is 46.5 Å². The summed E-state index contributed by atoms with van der Waals surface area (Å²) in [5.41, 5.74) is 5.06. The molecule has 1 saturated heterocycles. The van der Waals surface area contributed by atoms with Gasteiger partial charge >= 0.3 is 0 Å². The third-order valence-corrected chi connectivity index (χ3v) is 6.76. The molecule has 1 aromatic heterocycles. The third kappa shape index (κ3) is 5.67. The number of nitrogens with zero attached hydrogens (tertiary/aromatic N) is 4. The first-order valence-electron chi connectivity index (χ1n) is 12.7. The molecule has 198 valence electrons. The molecule has 0 spiro atoms. The highest BCUT2D eigenvalue weighted by molar-refractivity contribution is 6.00. The van der Waals surface area contributed by atoms with Crippen molar-refractivity contribution in [2.45, 2.75) is 6.92 Å². The first kappa shape index (κ1) is 25.7. The molecule has 9 heteroatoms. The van der Waals surface area contributed by atoms with Crippen LogP contribution in [0.3, 0.4) is 0 Å². The fourth-order valence-corrected chi connectivity index (χ4v) is 4.69. The van der Waals surface area contributed by atoms with Crippen LogP contribution in [-0.4, -0.2) is 60.0 Å². The Balaban J connectivity index is 1.41. The average molecular weight is 523 g/mol. The van der Waals surface area contributed by atoms with E-state index in [1.165, 1.54) is 6.08 Å². The van der Waals surface area contributed by atoms with Gasteiger partial charge in [-0.05, 0) is 35.9 Å². The Morgan fingerprint density at radius 2 is 1.82 bits per heavy atom. The van der Waals surface area contributed by atoms with Crippen molar-refractivity contribution in [2.24, 2.45) is 0 Å². The molecule has 1 aliphatic rings. The van der Waals surface area contributed by atoms with Gasteiger partial charge in [-0.1, -0.05) is 36.9 Å². The van der Waals surface area contributed by atoms with Gasteiger partial charge in [0.25, 0.3) is 0 Å². The van der Waals surface area contributed by atoms with Crippen molar-refractivity contribution >= 4 is 45.7 Å². The number of aromatic nitrogens is 2. The number of methoxy groups -OCH3 is 1. The van der Waals surface area contributed by atoms with Gasteiger partial charge in [-0.25, -0.2) is 9.97 Å². The van der Waals surface area contributed by atoms with Gasteiger partial charge in [0.15, 0.2) is 0 Å². The molecule has 4 aromatic rings. The highest BCUT2D eigenvalue weighted by Gasteiger charge is 2.20. The van der Waals surface area contributed by atoms with E-state index in [1.807, 2.05) is 65.6 Å². The van der Waals surface area contributed by atoms with Crippen molar-refractivity contribution in [3.63, 3.8) is 0 Å². The average Bonchev–Trinajstić information content (AvgIpc) is 2.97. The van der Waals surface area contributed by atoms with Gasteiger partial charge in [0.2, 0.25) is 17.8 Å². The lowest BCUT2D eigenvalue weighted by Gasteiger charge is -2.35. The van der Waals surface area contributed by atoms with E-state index in [-0.39, 0.29) is 11.8 Å². The quantitative estimate of drug-likeness (QED) is 0.335. The normalized spacial score (nSPS) is 13.2. The first-order valence-corrected chi connectivity index (χ1v) is 12.7. The minimum Gasteiger partial charge on any atom is -0.494 e. The molecule has 0 bridgehead atoms. The van der Waals surface area contributed by atoms with E-state index < -0.39 is 0 Å². The summed E-state index contributed by atoms with van der Waals surface area (Å²) in [5, 5.41) is 7.00. The first-order chi connectivity index (χ1) is 18.9. The number of piperazine rings is 1. The van der Waals surface area contributed by atoms with Crippen molar-refractivity contribution < 1.29 is 14.3 Å². The van der Waals surface area contributed by atoms with Gasteiger partial charge in [-0.2, -0.15) is 0 Å². The summed E-state index contributed by atoms with van der Waals surface area (Å²) >= 11 is 0. The van der Waals surface area contributed by atoms with Gasteiger partial charge in [-0.15, -0.1) is 0 Å². The van der Waals surface area contributed by atoms with Crippen LogP contribution in [0, 0.1) is 0 Å². The van der Waals surface area contributed by atoms with Gasteiger partial charge < -0.3 is 25.2 Å². The fraction of sp³-hybridized carbons (Fsp3) is 0.200. The molecule has 39 heavy (non-hydrogen) atoms. The van der Waals surface area contributed by atoms with E-state index in [0.29, 0.717) is 30.5 Å². The maximum atomic E-state index is 11.8. The van der Waals surface area contributed by atoms with Crippen LogP contribution in [0.1, 0.15) is 6.92 Å². The standard InChI is InChI=1S/C30H30N6O3/c1-4-28(38)32-23-9-5-7-21(17-23)25-10-6-8-22-19-31-30(34-29(22)25)33-26-12-11-24(18-27(26)39-3)36-15-13-35(14-16-36)20(2)37/h4-12,17-19H,1,13-16H2,2-3H3,(H,32,38)(H,31,33,34). The second-order valence-corrected chi connectivity index (χ2v) is 9.21. The lowest BCUT2D eigenvalue weighted by atomic mass is 10.0. The maximum Gasteiger partial charge on any atom is 0.247 e. The summed E-state index contributed by atoms with van der Waals surface area (Å²) in [6.45, 7) is 8.06. The number of hydrogen-bond donors (Lipinski definition) is 2. The number of fused-ring (bicyclic) bond motifs is 1. The van der Waals surface area contributed by atoms with Crippen LogP contribution in [0.25, 0.3) is 22.0 Å². The Hall–Kier alpha value is -4.92. The second-order valence-electron chi connectivity index (χ2n) is 9.21. The zero-order chi connectivity index (χ0) is 27.4. The number of hydrogen-bond acceptors (Lipinski definition) is 7. The van der Waals surface area contributed by atoms with Gasteiger partial charge in [0, 0.05) is 67.7 Å². The highest BCUT2D eigenvalue weighted by atomic mass is 16.5. The number of nitrogens with one attached hydrogen (secondary N) is 2. The van der Waals surface area contributed by atoms with E-state index in [1.54, 1.807) is 20.2 Å². The summed E-state index contributed by atoms with van der Waals surface area (Å²) in [6, 6.07) is 19.5. The van der Waals surface area contributed by atoms with Crippen molar-refractivity contribution in [1.82, 2.24) is 14.9 Å². The Kier molecular flexibility index (Phi) is 7.40. The predicted molar refractivity (Wildman–Crippen MR) is 155 cm³/mol. The van der Waals surface area contributed by atoms with Crippen molar-refractivity contribution in [3.05, 3.63) is 79.5 Å². The fourth-order valence-electron chi connectivity index (χ4n) is 4.69. The van der Waals surface area contributed by atoms with E-state index in [2.05, 4.69) is 27.1 Å². The zero-order valence-corrected chi connectivity index (χ0v) is 22.0. The van der Waals surface area contributed by atoms with Crippen LogP contribution in [0.5, 0.6) is 5.75 Å². The summed E-state index contributed by atoms with van der Waals surface area (Å²) in [4.78, 5) is 36.9. The molecule has 0 saturated carbocycles. The number of ether oxygens (including phenoxy) is 1. The van der Waals surface area contributed by atoms with Crippen LogP contribution >= 0.6 is 0 Å². The monoisotopic (exact) mass is 522 g/mol. The maximum absolute atomic E-state index is 11.8.